The van der Waals surface area contributed by atoms with Crippen molar-refractivity contribution in [3.63, 3.8) is 0 Å². The largest absolute Gasteiger partial charge is 0.494 e. The number of rotatable bonds is 31. The Hall–Kier alpha value is -9.36. The Morgan fingerprint density at radius 3 is 1.33 bits per heavy atom. The summed E-state index contributed by atoms with van der Waals surface area (Å²) >= 11 is 3.33. The van der Waals surface area contributed by atoms with Crippen LogP contribution in [0.15, 0.2) is 119 Å². The Balaban J connectivity index is 1.10. The third-order valence-electron chi connectivity index (χ3n) is 15.9. The second-order valence-electron chi connectivity index (χ2n) is 22.5. The molecule has 3 aromatic heterocycles. The molecule has 5 heterocycles. The number of amides is 2. The number of anilines is 10. The monoisotopic (exact) mass is 1460 g/mol. The first kappa shape index (κ1) is 74.9. The van der Waals surface area contributed by atoms with E-state index in [-0.39, 0.29) is 73.6 Å². The number of thiazole rings is 2. The van der Waals surface area contributed by atoms with E-state index in [2.05, 4.69) is 51.1 Å². The zero-order chi connectivity index (χ0) is 71.8. The molecule has 2 fully saturated rings. The van der Waals surface area contributed by atoms with Gasteiger partial charge in [0.25, 0.3) is 32.1 Å². The molecule has 4 aromatic carbocycles. The number of ether oxygens (including phenoxy) is 2. The summed E-state index contributed by atoms with van der Waals surface area (Å²) in [5, 5.41) is 41.3. The standard InChI is InChI=1S/C65H77N17O13S5/c1-9-79(10-2)51-35-47(49(37-53(51)94-7)75-77-64-70-57(81-25-15-13-16-26-81)55(97-64)33-45(39(5)84)59(86)66-41-21-19-23-43(31-41)99(88,89)90)68-61-72-62(74-63(73-61)96-30-29-83)69-48-36-52(80(11-3)12-4)54(95-8)38-50(48)76-78-65-71-58(82-27-17-14-18-28-82)56(98-65)34-46(40(6)85)60(87)67-42-22-20-24-44(32-42)100(91,92)93/h19-24,31-38,83H,9-18,25-30H2,1-8H3,(H,66,86)(H,67,87)(H,88,89,90)(H,91,92,93)(H2,68,69,72,73,74)/b45-33-,46-34+,77-75?,78-76?. The molecule has 35 heteroatoms. The molecule has 30 nitrogen and oxygen atoms in total. The number of piperidine rings is 2. The van der Waals surface area contributed by atoms with Crippen LogP contribution in [0, 0.1) is 0 Å². The molecule has 7 aromatic rings. The van der Waals surface area contributed by atoms with E-state index in [0.29, 0.717) is 108 Å². The highest BCUT2D eigenvalue weighted by Crippen LogP contribution is 2.45. The van der Waals surface area contributed by atoms with E-state index in [1.165, 1.54) is 62.0 Å². The fraction of sp³-hybridized carbons (Fsp3) is 0.369. The van der Waals surface area contributed by atoms with Crippen molar-refractivity contribution in [1.82, 2.24) is 24.9 Å². The lowest BCUT2D eigenvalue weighted by atomic mass is 10.1. The molecule has 2 aliphatic rings. The molecule has 100 heavy (non-hydrogen) atoms. The van der Waals surface area contributed by atoms with E-state index in [0.717, 1.165) is 85.5 Å². The highest BCUT2D eigenvalue weighted by Gasteiger charge is 2.27. The Kier molecular flexibility index (Phi) is 25.6. The van der Waals surface area contributed by atoms with Gasteiger partial charge < -0.3 is 55.4 Å². The third kappa shape index (κ3) is 19.1. The van der Waals surface area contributed by atoms with E-state index in [4.69, 9.17) is 44.6 Å². The molecule has 530 valence electrons. The number of Topliss-reactive ketones (excluding diaryl/α,β-unsaturated/α-hetero) is 2. The molecule has 2 aliphatic heterocycles. The third-order valence-corrected chi connectivity index (χ3v) is 20.1. The van der Waals surface area contributed by atoms with E-state index in [1.54, 1.807) is 26.4 Å². The molecule has 0 spiro atoms. The Bertz CT molecular complexity index is 4250. The van der Waals surface area contributed by atoms with Crippen LogP contribution in [0.3, 0.4) is 0 Å². The van der Waals surface area contributed by atoms with Gasteiger partial charge in [0.2, 0.25) is 22.2 Å². The van der Waals surface area contributed by atoms with Crippen LogP contribution in [-0.2, 0) is 39.4 Å². The summed E-state index contributed by atoms with van der Waals surface area (Å²) in [4.78, 5) is 86.7. The summed E-state index contributed by atoms with van der Waals surface area (Å²) < 4.78 is 78.9. The number of ketones is 2. The minimum atomic E-state index is -4.60. The van der Waals surface area contributed by atoms with Crippen LogP contribution in [0.2, 0.25) is 0 Å². The van der Waals surface area contributed by atoms with E-state index >= 15 is 0 Å². The molecular weight excluding hydrogens is 1390 g/mol. The molecule has 0 atom stereocenters. The molecule has 0 radical (unpaired) electrons. The SMILES string of the molecule is CCN(CC)c1cc(Nc2nc(Nc3cc(N(CC)CC)c(OC)cc3N=Nc3nc(N4CCCCC4)c(/C=C(\C(C)=O)C(=O)Nc4cccc(S(=O)(=O)O)c4)s3)nc(SCCO)n2)c(N=Nc2nc(N3CCCCC3)c(/C=C(/C(C)=O)C(=O)Nc3cccc(S(=O)(=O)O)c3)s2)cc1OC. The van der Waals surface area contributed by atoms with Gasteiger partial charge in [-0.3, -0.25) is 28.3 Å². The summed E-state index contributed by atoms with van der Waals surface area (Å²) in [6.07, 6.45) is 8.30. The molecular formula is C65H77N17O13S5. The van der Waals surface area contributed by atoms with Crippen LogP contribution < -0.4 is 50.3 Å². The van der Waals surface area contributed by atoms with E-state index in [1.807, 2.05) is 39.8 Å². The van der Waals surface area contributed by atoms with E-state index < -0.39 is 53.4 Å². The van der Waals surface area contributed by atoms with Gasteiger partial charge in [-0.1, -0.05) is 46.6 Å². The van der Waals surface area contributed by atoms with Gasteiger partial charge >= 0.3 is 0 Å². The number of aliphatic hydroxyl groups is 1. The van der Waals surface area contributed by atoms with Crippen molar-refractivity contribution in [3.8, 4) is 11.5 Å². The smallest absolute Gasteiger partial charge is 0.294 e. The fourth-order valence-corrected chi connectivity index (χ4v) is 14.2. The molecule has 0 bridgehead atoms. The Morgan fingerprint density at radius 1 is 0.580 bits per heavy atom. The molecule has 0 unspecified atom stereocenters. The minimum Gasteiger partial charge on any atom is -0.494 e. The van der Waals surface area contributed by atoms with Crippen molar-refractivity contribution in [1.29, 1.82) is 0 Å². The topological polar surface area (TPSA) is 391 Å². The quantitative estimate of drug-likeness (QED) is 0.00530. The first-order chi connectivity index (χ1) is 47.9. The van der Waals surface area contributed by atoms with Crippen LogP contribution in [-0.4, -0.2) is 158 Å². The maximum Gasteiger partial charge on any atom is 0.294 e. The number of nitrogens with zero attached hydrogens (tertiary/aromatic N) is 13. The molecule has 7 N–H and O–H groups in total. The maximum absolute atomic E-state index is 13.8. The number of methoxy groups -OCH3 is 2. The first-order valence-electron chi connectivity index (χ1n) is 32.0. The summed E-state index contributed by atoms with van der Waals surface area (Å²) in [5.74, 6) is -0.664. The maximum atomic E-state index is 13.8. The lowest BCUT2D eigenvalue weighted by Crippen LogP contribution is -2.30. The fourth-order valence-electron chi connectivity index (χ4n) is 10.9. The number of azo groups is 2. The summed E-state index contributed by atoms with van der Waals surface area (Å²) in [6, 6.07) is 17.1. The van der Waals surface area contributed by atoms with Crippen molar-refractivity contribution < 1.29 is 59.7 Å². The number of hydrogen-bond donors (Lipinski definition) is 7. The van der Waals surface area contributed by atoms with Gasteiger partial charge in [0, 0.05) is 81.6 Å². The predicted molar refractivity (Wildman–Crippen MR) is 389 cm³/mol. The summed E-state index contributed by atoms with van der Waals surface area (Å²) in [7, 11) is -6.12. The second-order valence-corrected chi connectivity index (χ2v) is 28.4. The van der Waals surface area contributed by atoms with Crippen molar-refractivity contribution in [2.45, 2.75) is 95.0 Å². The van der Waals surface area contributed by atoms with Gasteiger partial charge in [-0.15, -0.1) is 20.5 Å². The molecule has 2 saturated heterocycles. The van der Waals surface area contributed by atoms with Crippen LogP contribution in [0.5, 0.6) is 11.5 Å². The van der Waals surface area contributed by atoms with Crippen molar-refractivity contribution in [2.75, 3.05) is 120 Å². The molecule has 0 aliphatic carbocycles. The van der Waals surface area contributed by atoms with Crippen molar-refractivity contribution in [2.24, 2.45) is 20.5 Å². The summed E-state index contributed by atoms with van der Waals surface area (Å²) in [6.45, 7) is 15.2. The number of carbonyl (C=O) groups is 4. The number of nitrogens with one attached hydrogen (secondary N) is 4. The molecule has 0 saturated carbocycles. The van der Waals surface area contributed by atoms with Crippen molar-refractivity contribution in [3.05, 3.63) is 93.7 Å². The average molecular weight is 1460 g/mol. The Labute approximate surface area is 591 Å². The van der Waals surface area contributed by atoms with E-state index in [9.17, 15) is 50.2 Å². The van der Waals surface area contributed by atoms with Gasteiger partial charge in [0.15, 0.2) is 16.7 Å². The van der Waals surface area contributed by atoms with Crippen LogP contribution in [0.4, 0.5) is 79.3 Å². The number of aromatic nitrogens is 5. The van der Waals surface area contributed by atoms with Gasteiger partial charge in [0.1, 0.15) is 34.5 Å². The number of benzene rings is 4. The average Bonchev–Trinajstić information content (AvgIpc) is 1.22. The number of aliphatic hydroxyl groups excluding tert-OH is 1. The molecule has 9 rings (SSSR count). The molecule has 2 amide bonds. The van der Waals surface area contributed by atoms with Crippen LogP contribution >= 0.6 is 34.4 Å². The van der Waals surface area contributed by atoms with Gasteiger partial charge in [-0.2, -0.15) is 41.8 Å². The predicted octanol–water partition coefficient (Wildman–Crippen LogP) is 12.6. The normalized spacial score (nSPS) is 13.9. The zero-order valence-electron chi connectivity index (χ0n) is 56.2. The second kappa shape index (κ2) is 34.1. The van der Waals surface area contributed by atoms with Gasteiger partial charge in [-0.05, 0) is 141 Å². The lowest BCUT2D eigenvalue weighted by molar-refractivity contribution is -0.120. The highest BCUT2D eigenvalue weighted by atomic mass is 32.2. The zero-order valence-corrected chi connectivity index (χ0v) is 60.3. The minimum absolute atomic E-state index is 0.0277. The highest BCUT2D eigenvalue weighted by molar-refractivity contribution is 7.99. The number of carbonyl (C=O) groups excluding carboxylic acids is 4. The number of hydrogen-bond acceptors (Lipinski definition) is 29. The van der Waals surface area contributed by atoms with Gasteiger partial charge in [-0.25, -0.2) is 0 Å². The first-order valence-corrected chi connectivity index (χ1v) is 37.5. The Morgan fingerprint density at radius 2 is 0.980 bits per heavy atom. The summed E-state index contributed by atoms with van der Waals surface area (Å²) in [5.41, 5.74) is 2.18. The lowest BCUT2D eigenvalue weighted by Gasteiger charge is -2.27. The van der Waals surface area contributed by atoms with Crippen LogP contribution in [0.25, 0.3) is 12.2 Å². The van der Waals surface area contributed by atoms with Crippen molar-refractivity contribution >= 4 is 169 Å². The van der Waals surface area contributed by atoms with Crippen LogP contribution in [0.1, 0.15) is 89.8 Å². The van der Waals surface area contributed by atoms with Gasteiger partial charge in [0.05, 0.1) is 74.3 Å². The number of thioether (sulfide) groups is 1.